The van der Waals surface area contributed by atoms with Gasteiger partial charge in [-0.2, -0.15) is 13.2 Å². The Balaban J connectivity index is 2.16. The van der Waals surface area contributed by atoms with Crippen molar-refractivity contribution in [2.24, 2.45) is 0 Å². The monoisotopic (exact) mass is 372 g/mol. The molecule has 0 fully saturated rings. The molecule has 2 amide bonds. The summed E-state index contributed by atoms with van der Waals surface area (Å²) in [5, 5.41) is 4.84. The number of anilines is 2. The zero-order chi connectivity index (χ0) is 18.6. The molecule has 0 aliphatic rings. The molecule has 0 heterocycles. The highest BCUT2D eigenvalue weighted by molar-refractivity contribution is 6.33. The van der Waals surface area contributed by atoms with Crippen LogP contribution in [0.1, 0.15) is 19.4 Å². The second-order valence-electron chi connectivity index (χ2n) is 5.43. The largest absolute Gasteiger partial charge is 0.489 e. The fraction of sp³-hybridized carbons (Fsp3) is 0.235. The molecule has 2 rings (SSSR count). The van der Waals surface area contributed by atoms with Crippen LogP contribution in [-0.2, 0) is 6.18 Å². The fourth-order valence-corrected chi connectivity index (χ4v) is 2.16. The number of ether oxygens (including phenoxy) is 1. The maximum absolute atomic E-state index is 12.8. The van der Waals surface area contributed by atoms with Crippen molar-refractivity contribution in [1.82, 2.24) is 0 Å². The highest BCUT2D eigenvalue weighted by Crippen LogP contribution is 2.34. The van der Waals surface area contributed by atoms with Gasteiger partial charge < -0.3 is 15.4 Å². The zero-order valence-corrected chi connectivity index (χ0v) is 14.2. The van der Waals surface area contributed by atoms with Crippen LogP contribution in [0.2, 0.25) is 5.02 Å². The SMILES string of the molecule is CC(C)Oc1ccccc1NC(=O)Nc1cc(C(F)(F)F)ccc1Cl. The number of hydrogen-bond acceptors (Lipinski definition) is 2. The first-order chi connectivity index (χ1) is 11.7. The summed E-state index contributed by atoms with van der Waals surface area (Å²) in [5.74, 6) is 0.447. The average molecular weight is 373 g/mol. The van der Waals surface area contributed by atoms with E-state index in [0.717, 1.165) is 18.2 Å². The molecule has 0 unspecified atom stereocenters. The van der Waals surface area contributed by atoms with Crippen LogP contribution < -0.4 is 15.4 Å². The Bertz CT molecular complexity index is 764. The summed E-state index contributed by atoms with van der Waals surface area (Å²) in [6, 6.07) is 8.69. The number of amides is 2. The predicted octanol–water partition coefficient (Wildman–Crippen LogP) is 5.79. The number of nitrogens with one attached hydrogen (secondary N) is 2. The molecular formula is C17H16ClF3N2O2. The number of carbonyl (C=O) groups excluding carboxylic acids is 1. The van der Waals surface area contributed by atoms with Gasteiger partial charge in [0.1, 0.15) is 5.75 Å². The number of halogens is 4. The van der Waals surface area contributed by atoms with Gasteiger partial charge in [0.15, 0.2) is 0 Å². The van der Waals surface area contributed by atoms with Crippen molar-refractivity contribution in [2.45, 2.75) is 26.1 Å². The van der Waals surface area contributed by atoms with Crippen molar-refractivity contribution in [1.29, 1.82) is 0 Å². The first-order valence-corrected chi connectivity index (χ1v) is 7.75. The fourth-order valence-electron chi connectivity index (χ4n) is 2.00. The van der Waals surface area contributed by atoms with Crippen LogP contribution in [0.25, 0.3) is 0 Å². The van der Waals surface area contributed by atoms with E-state index in [-0.39, 0.29) is 16.8 Å². The van der Waals surface area contributed by atoms with Crippen LogP contribution in [-0.4, -0.2) is 12.1 Å². The van der Waals surface area contributed by atoms with Gasteiger partial charge in [0, 0.05) is 0 Å². The number of hydrogen-bond donors (Lipinski definition) is 2. The molecule has 0 radical (unpaired) electrons. The standard InChI is InChI=1S/C17H16ClF3N2O2/c1-10(2)25-15-6-4-3-5-13(15)22-16(24)23-14-9-11(17(19,20)21)7-8-12(14)18/h3-10H,1-2H3,(H2,22,23,24). The minimum atomic E-state index is -4.53. The summed E-state index contributed by atoms with van der Waals surface area (Å²) in [4.78, 5) is 12.1. The third-order valence-electron chi connectivity index (χ3n) is 3.04. The molecule has 0 aliphatic carbocycles. The summed E-state index contributed by atoms with van der Waals surface area (Å²) >= 11 is 5.86. The Hall–Kier alpha value is -2.41. The highest BCUT2D eigenvalue weighted by atomic mass is 35.5. The lowest BCUT2D eigenvalue weighted by Crippen LogP contribution is -2.21. The van der Waals surface area contributed by atoms with Gasteiger partial charge in [-0.15, -0.1) is 0 Å². The van der Waals surface area contributed by atoms with Crippen LogP contribution in [0.5, 0.6) is 5.75 Å². The third-order valence-corrected chi connectivity index (χ3v) is 3.37. The number of carbonyl (C=O) groups is 1. The second-order valence-corrected chi connectivity index (χ2v) is 5.84. The Morgan fingerprint density at radius 1 is 1.08 bits per heavy atom. The topological polar surface area (TPSA) is 50.4 Å². The Kier molecular flexibility index (Phi) is 5.79. The summed E-state index contributed by atoms with van der Waals surface area (Å²) in [6.07, 6.45) is -4.64. The van der Waals surface area contributed by atoms with Crippen LogP contribution in [0.3, 0.4) is 0 Å². The number of rotatable bonds is 4. The number of para-hydroxylation sites is 2. The van der Waals surface area contributed by atoms with Crippen LogP contribution in [0.4, 0.5) is 29.3 Å². The van der Waals surface area contributed by atoms with Gasteiger partial charge in [-0.1, -0.05) is 23.7 Å². The second kappa shape index (κ2) is 7.65. The lowest BCUT2D eigenvalue weighted by atomic mass is 10.2. The molecule has 2 N–H and O–H groups in total. The molecule has 0 atom stereocenters. The van der Waals surface area contributed by atoms with Crippen molar-refractivity contribution < 1.29 is 22.7 Å². The van der Waals surface area contributed by atoms with Crippen LogP contribution in [0.15, 0.2) is 42.5 Å². The van der Waals surface area contributed by atoms with E-state index in [1.165, 1.54) is 0 Å². The minimum absolute atomic E-state index is 0.00475. The molecule has 0 aliphatic heterocycles. The molecule has 8 heteroatoms. The van der Waals surface area contributed by atoms with Crippen molar-refractivity contribution in [3.8, 4) is 5.75 Å². The average Bonchev–Trinajstić information content (AvgIpc) is 2.50. The zero-order valence-electron chi connectivity index (χ0n) is 13.4. The number of alkyl halides is 3. The molecule has 2 aromatic rings. The van der Waals surface area contributed by atoms with E-state index < -0.39 is 17.8 Å². The van der Waals surface area contributed by atoms with Crippen LogP contribution in [0, 0.1) is 0 Å². The normalized spacial score (nSPS) is 11.3. The number of urea groups is 1. The summed E-state index contributed by atoms with van der Waals surface area (Å²) in [6.45, 7) is 3.67. The molecule has 0 aromatic heterocycles. The molecule has 2 aromatic carbocycles. The third kappa shape index (κ3) is 5.29. The van der Waals surface area contributed by atoms with E-state index in [2.05, 4.69) is 10.6 Å². The maximum Gasteiger partial charge on any atom is 0.416 e. The van der Waals surface area contributed by atoms with E-state index in [4.69, 9.17) is 16.3 Å². The lowest BCUT2D eigenvalue weighted by molar-refractivity contribution is -0.137. The van der Waals surface area contributed by atoms with E-state index in [0.29, 0.717) is 11.4 Å². The minimum Gasteiger partial charge on any atom is -0.489 e. The van der Waals surface area contributed by atoms with Gasteiger partial charge in [-0.25, -0.2) is 4.79 Å². The maximum atomic E-state index is 12.8. The van der Waals surface area contributed by atoms with Gasteiger partial charge in [0.25, 0.3) is 0 Å². The van der Waals surface area contributed by atoms with Gasteiger partial charge in [0.05, 0.1) is 28.1 Å². The lowest BCUT2D eigenvalue weighted by Gasteiger charge is -2.16. The molecule has 25 heavy (non-hydrogen) atoms. The Morgan fingerprint density at radius 2 is 1.72 bits per heavy atom. The quantitative estimate of drug-likeness (QED) is 0.713. The molecule has 0 saturated heterocycles. The van der Waals surface area contributed by atoms with E-state index in [1.807, 2.05) is 13.8 Å². The summed E-state index contributed by atoms with van der Waals surface area (Å²) in [7, 11) is 0. The van der Waals surface area contributed by atoms with Gasteiger partial charge in [0.2, 0.25) is 0 Å². The first-order valence-electron chi connectivity index (χ1n) is 7.37. The van der Waals surface area contributed by atoms with Gasteiger partial charge >= 0.3 is 12.2 Å². The molecule has 134 valence electrons. The smallest absolute Gasteiger partial charge is 0.416 e. The predicted molar refractivity (Wildman–Crippen MR) is 91.3 cm³/mol. The van der Waals surface area contributed by atoms with Crippen molar-refractivity contribution >= 4 is 29.0 Å². The van der Waals surface area contributed by atoms with E-state index in [1.54, 1.807) is 24.3 Å². The van der Waals surface area contributed by atoms with Crippen molar-refractivity contribution in [2.75, 3.05) is 10.6 Å². The highest BCUT2D eigenvalue weighted by Gasteiger charge is 2.31. The molecular weight excluding hydrogens is 357 g/mol. The van der Waals surface area contributed by atoms with Crippen molar-refractivity contribution in [3.63, 3.8) is 0 Å². The van der Waals surface area contributed by atoms with Crippen molar-refractivity contribution in [3.05, 3.63) is 53.1 Å². The van der Waals surface area contributed by atoms with Crippen LogP contribution >= 0.6 is 11.6 Å². The van der Waals surface area contributed by atoms with Gasteiger partial charge in [-0.3, -0.25) is 0 Å². The summed E-state index contributed by atoms with van der Waals surface area (Å²) < 4.78 is 43.9. The molecule has 4 nitrogen and oxygen atoms in total. The first kappa shape index (κ1) is 18.9. The molecule has 0 saturated carbocycles. The number of benzene rings is 2. The molecule has 0 bridgehead atoms. The Morgan fingerprint density at radius 3 is 2.36 bits per heavy atom. The van der Waals surface area contributed by atoms with E-state index >= 15 is 0 Å². The molecule has 0 spiro atoms. The summed E-state index contributed by atoms with van der Waals surface area (Å²) in [5.41, 5.74) is -0.663. The van der Waals surface area contributed by atoms with Gasteiger partial charge in [-0.05, 0) is 44.2 Å². The van der Waals surface area contributed by atoms with E-state index in [9.17, 15) is 18.0 Å². The Labute approximate surface area is 147 Å².